The second kappa shape index (κ2) is 11.8. The Kier molecular flexibility index (Phi) is 6.61. The van der Waals surface area contributed by atoms with Gasteiger partial charge in [-0.3, -0.25) is 0 Å². The van der Waals surface area contributed by atoms with Crippen LogP contribution >= 0.6 is 0 Å². The van der Waals surface area contributed by atoms with Crippen LogP contribution in [0.4, 0.5) is 5.69 Å². The molecule has 0 bridgehead atoms. The number of rotatable bonds is 4. The van der Waals surface area contributed by atoms with Gasteiger partial charge in [0.25, 0.3) is 0 Å². The third kappa shape index (κ3) is 4.39. The molecular formula is C50H29N5. The third-order valence-electron chi connectivity index (χ3n) is 11.1. The maximum absolute atomic E-state index is 10.6. The van der Waals surface area contributed by atoms with E-state index in [1.54, 1.807) is 0 Å². The van der Waals surface area contributed by atoms with E-state index >= 15 is 0 Å². The van der Waals surface area contributed by atoms with E-state index in [0.717, 1.165) is 77.4 Å². The molecule has 0 saturated heterocycles. The molecular weight excluding hydrogens is 671 g/mol. The minimum absolute atomic E-state index is 0.489. The summed E-state index contributed by atoms with van der Waals surface area (Å²) in [6.45, 7) is 8.41. The number of benzene rings is 8. The van der Waals surface area contributed by atoms with Crippen molar-refractivity contribution in [3.05, 3.63) is 193 Å². The molecule has 55 heavy (non-hydrogen) atoms. The zero-order valence-electron chi connectivity index (χ0n) is 29.5. The fourth-order valence-corrected chi connectivity index (χ4v) is 8.81. The standard InChI is InChI=1S/C50H29N5/c1-52-43-30-35(24-26-37(43)36-25-23-34(29-32(36)31-51)54-44-19-9-5-15-38(44)39-16-6-10-20-45(39)54)55-46-21-11-7-17-40(46)41-27-28-48-49(50(41)55)42-18-8-12-22-47(42)53(48)33-13-3-2-4-14-33/h2-30H. The molecule has 11 rings (SSSR count). The first-order chi connectivity index (χ1) is 27.2. The SMILES string of the molecule is [C-]#[N+]c1cc(-n2c3ccccc3c3ccc4c(c5ccccc5n4-c4ccccc4)c32)ccc1-c1ccc(-n2c3ccccc3c3ccccc32)cc1C#N. The monoisotopic (exact) mass is 699 g/mol. The predicted molar refractivity (Wildman–Crippen MR) is 226 cm³/mol. The first-order valence-electron chi connectivity index (χ1n) is 18.3. The summed E-state index contributed by atoms with van der Waals surface area (Å²) < 4.78 is 6.86. The summed E-state index contributed by atoms with van der Waals surface area (Å²) in [4.78, 5) is 4.08. The lowest BCUT2D eigenvalue weighted by Crippen LogP contribution is -1.97. The Morgan fingerprint density at radius 3 is 1.56 bits per heavy atom. The summed E-state index contributed by atoms with van der Waals surface area (Å²) in [7, 11) is 0. The molecule has 0 aliphatic carbocycles. The molecule has 8 aromatic carbocycles. The van der Waals surface area contributed by atoms with Crippen molar-refractivity contribution in [2.24, 2.45) is 0 Å². The van der Waals surface area contributed by atoms with E-state index in [-0.39, 0.29) is 0 Å². The zero-order valence-corrected chi connectivity index (χ0v) is 29.5. The van der Waals surface area contributed by atoms with Crippen LogP contribution in [0.15, 0.2) is 176 Å². The van der Waals surface area contributed by atoms with Crippen LogP contribution in [0.25, 0.3) is 98.5 Å². The van der Waals surface area contributed by atoms with E-state index in [0.29, 0.717) is 11.3 Å². The highest BCUT2D eigenvalue weighted by Crippen LogP contribution is 2.44. The average Bonchev–Trinajstić information content (AvgIpc) is 3.89. The van der Waals surface area contributed by atoms with Gasteiger partial charge in [0, 0.05) is 49.4 Å². The minimum Gasteiger partial charge on any atom is -0.310 e. The van der Waals surface area contributed by atoms with Gasteiger partial charge in [0.05, 0.1) is 51.3 Å². The van der Waals surface area contributed by atoms with Gasteiger partial charge in [-0.2, -0.15) is 5.26 Å². The molecule has 11 aromatic rings. The highest BCUT2D eigenvalue weighted by molar-refractivity contribution is 6.26. The number of nitriles is 1. The van der Waals surface area contributed by atoms with Crippen molar-refractivity contribution >= 4 is 71.1 Å². The molecule has 0 aliphatic rings. The molecule has 5 nitrogen and oxygen atoms in total. The van der Waals surface area contributed by atoms with Crippen LogP contribution in [0.5, 0.6) is 0 Å². The summed E-state index contributed by atoms with van der Waals surface area (Å²) in [5, 5.41) is 17.5. The Morgan fingerprint density at radius 2 is 0.927 bits per heavy atom. The molecule has 0 radical (unpaired) electrons. The average molecular weight is 700 g/mol. The molecule has 3 heterocycles. The van der Waals surface area contributed by atoms with Gasteiger partial charge in [0.2, 0.25) is 0 Å². The first kappa shape index (κ1) is 30.7. The van der Waals surface area contributed by atoms with E-state index in [1.165, 1.54) is 16.2 Å². The Bertz CT molecular complexity index is 3400. The molecule has 0 spiro atoms. The van der Waals surface area contributed by atoms with Gasteiger partial charge in [-0.1, -0.05) is 109 Å². The molecule has 0 amide bonds. The number of para-hydroxylation sites is 5. The molecule has 0 N–H and O–H groups in total. The lowest BCUT2D eigenvalue weighted by Gasteiger charge is -2.14. The molecule has 0 saturated carbocycles. The Hall–Kier alpha value is -7.86. The van der Waals surface area contributed by atoms with Crippen molar-refractivity contribution in [2.45, 2.75) is 0 Å². The number of hydrogen-bond donors (Lipinski definition) is 0. The number of hydrogen-bond acceptors (Lipinski definition) is 1. The van der Waals surface area contributed by atoms with E-state index in [1.807, 2.05) is 42.5 Å². The van der Waals surface area contributed by atoms with Crippen molar-refractivity contribution in [3.8, 4) is 34.3 Å². The molecule has 0 aliphatic heterocycles. The smallest absolute Gasteiger partial charge is 0.197 e. The van der Waals surface area contributed by atoms with Crippen molar-refractivity contribution in [2.75, 3.05) is 0 Å². The predicted octanol–water partition coefficient (Wildman–Crippen LogP) is 13.1. The normalized spacial score (nSPS) is 11.6. The maximum atomic E-state index is 10.6. The van der Waals surface area contributed by atoms with Crippen LogP contribution in [0.1, 0.15) is 5.56 Å². The topological polar surface area (TPSA) is 42.9 Å². The fourth-order valence-electron chi connectivity index (χ4n) is 8.81. The van der Waals surface area contributed by atoms with Gasteiger partial charge in [-0.15, -0.1) is 0 Å². The lowest BCUT2D eigenvalue weighted by molar-refractivity contribution is 1.17. The third-order valence-corrected chi connectivity index (χ3v) is 11.1. The Balaban J connectivity index is 1.13. The quantitative estimate of drug-likeness (QED) is 0.169. The Morgan fingerprint density at radius 1 is 0.418 bits per heavy atom. The summed E-state index contributed by atoms with van der Waals surface area (Å²) in [6.07, 6.45) is 0. The van der Waals surface area contributed by atoms with E-state index < -0.39 is 0 Å². The number of aromatic nitrogens is 3. The van der Waals surface area contributed by atoms with Gasteiger partial charge in [0.15, 0.2) is 5.69 Å². The molecule has 0 fully saturated rings. The van der Waals surface area contributed by atoms with Crippen LogP contribution in [0.3, 0.4) is 0 Å². The second-order valence-corrected chi connectivity index (χ2v) is 13.9. The number of nitrogens with zero attached hydrogens (tertiary/aromatic N) is 5. The van der Waals surface area contributed by atoms with Gasteiger partial charge in [0.1, 0.15) is 0 Å². The second-order valence-electron chi connectivity index (χ2n) is 13.9. The van der Waals surface area contributed by atoms with Crippen molar-refractivity contribution < 1.29 is 0 Å². The van der Waals surface area contributed by atoms with E-state index in [2.05, 4.69) is 158 Å². The molecule has 254 valence electrons. The molecule has 0 unspecified atom stereocenters. The molecule has 3 aromatic heterocycles. The van der Waals surface area contributed by atoms with Crippen LogP contribution in [0.2, 0.25) is 0 Å². The minimum atomic E-state index is 0.489. The lowest BCUT2D eigenvalue weighted by atomic mass is 9.97. The van der Waals surface area contributed by atoms with Crippen molar-refractivity contribution in [1.82, 2.24) is 13.7 Å². The molecule has 5 heteroatoms. The molecule has 0 atom stereocenters. The summed E-state index contributed by atoms with van der Waals surface area (Å²) in [5.74, 6) is 0. The summed E-state index contributed by atoms with van der Waals surface area (Å²) >= 11 is 0. The highest BCUT2D eigenvalue weighted by atomic mass is 15.0. The van der Waals surface area contributed by atoms with Crippen LogP contribution in [-0.2, 0) is 0 Å². The Labute approximate surface area is 316 Å². The maximum Gasteiger partial charge on any atom is 0.197 e. The zero-order chi connectivity index (χ0) is 36.6. The van der Waals surface area contributed by atoms with Crippen LogP contribution < -0.4 is 0 Å². The van der Waals surface area contributed by atoms with Crippen molar-refractivity contribution in [1.29, 1.82) is 5.26 Å². The first-order valence-corrected chi connectivity index (χ1v) is 18.3. The van der Waals surface area contributed by atoms with Gasteiger partial charge in [-0.05, 0) is 77.9 Å². The van der Waals surface area contributed by atoms with Crippen LogP contribution in [-0.4, -0.2) is 13.7 Å². The fraction of sp³-hybridized carbons (Fsp3) is 0. The van der Waals surface area contributed by atoms with Crippen molar-refractivity contribution in [3.63, 3.8) is 0 Å². The van der Waals surface area contributed by atoms with Gasteiger partial charge >= 0.3 is 0 Å². The summed E-state index contributed by atoms with van der Waals surface area (Å²) in [6, 6.07) is 63.3. The number of fused-ring (bicyclic) bond motifs is 10. The summed E-state index contributed by atoms with van der Waals surface area (Å²) in [5.41, 5.74) is 12.0. The van der Waals surface area contributed by atoms with Gasteiger partial charge in [-0.25, -0.2) is 4.85 Å². The van der Waals surface area contributed by atoms with E-state index in [9.17, 15) is 5.26 Å². The largest absolute Gasteiger partial charge is 0.310 e. The van der Waals surface area contributed by atoms with E-state index in [4.69, 9.17) is 6.57 Å². The highest BCUT2D eigenvalue weighted by Gasteiger charge is 2.22. The van der Waals surface area contributed by atoms with Crippen LogP contribution in [0, 0.1) is 17.9 Å². The van der Waals surface area contributed by atoms with Gasteiger partial charge < -0.3 is 13.7 Å².